The van der Waals surface area contributed by atoms with Gasteiger partial charge in [-0.1, -0.05) is 56.5 Å². The van der Waals surface area contributed by atoms with E-state index in [9.17, 15) is 9.59 Å². The fourth-order valence-corrected chi connectivity index (χ4v) is 3.91. The number of ether oxygens (including phenoxy) is 1. The molecule has 1 amide bonds. The summed E-state index contributed by atoms with van der Waals surface area (Å²) in [5.41, 5.74) is 0.935. The number of unbranched alkanes of at least 4 members (excludes halogenated alkanes) is 2. The van der Waals surface area contributed by atoms with Crippen LogP contribution in [0.25, 0.3) is 0 Å². The van der Waals surface area contributed by atoms with Crippen molar-refractivity contribution in [3.63, 3.8) is 0 Å². The molecule has 1 atom stereocenters. The SMILES string of the molecule is CCCCCC1(CCC(=O)OC)CCCC(=O)N1Cc1ccccc1. The molecule has 1 aromatic rings. The van der Waals surface area contributed by atoms with Gasteiger partial charge in [0.25, 0.3) is 0 Å². The van der Waals surface area contributed by atoms with Gasteiger partial charge in [0.15, 0.2) is 0 Å². The minimum atomic E-state index is -0.214. The van der Waals surface area contributed by atoms with Crippen LogP contribution in [0.2, 0.25) is 0 Å². The predicted molar refractivity (Wildman–Crippen MR) is 99.0 cm³/mol. The van der Waals surface area contributed by atoms with E-state index < -0.39 is 0 Å². The Bertz CT molecular complexity index is 558. The summed E-state index contributed by atoms with van der Waals surface area (Å²) >= 11 is 0. The number of piperidine rings is 1. The summed E-state index contributed by atoms with van der Waals surface area (Å²) in [7, 11) is 1.43. The Balaban J connectivity index is 2.22. The van der Waals surface area contributed by atoms with Crippen LogP contribution < -0.4 is 0 Å². The van der Waals surface area contributed by atoms with Gasteiger partial charge in [-0.15, -0.1) is 0 Å². The topological polar surface area (TPSA) is 46.6 Å². The third-order valence-corrected chi connectivity index (χ3v) is 5.36. The molecule has 1 fully saturated rings. The number of hydrogen-bond acceptors (Lipinski definition) is 3. The Labute approximate surface area is 151 Å². The first-order valence-electron chi connectivity index (χ1n) is 9.52. The van der Waals surface area contributed by atoms with Crippen LogP contribution in [0.3, 0.4) is 0 Å². The van der Waals surface area contributed by atoms with Gasteiger partial charge in [-0.2, -0.15) is 0 Å². The largest absolute Gasteiger partial charge is 0.469 e. The monoisotopic (exact) mass is 345 g/mol. The summed E-state index contributed by atoms with van der Waals surface area (Å²) < 4.78 is 4.85. The van der Waals surface area contributed by atoms with Crippen LogP contribution in [0.4, 0.5) is 0 Å². The number of methoxy groups -OCH3 is 1. The molecule has 0 aliphatic carbocycles. The quantitative estimate of drug-likeness (QED) is 0.490. The molecule has 138 valence electrons. The second-order valence-electron chi connectivity index (χ2n) is 7.08. The van der Waals surface area contributed by atoms with E-state index in [4.69, 9.17) is 4.74 Å². The predicted octanol–water partition coefficient (Wildman–Crippen LogP) is 4.47. The van der Waals surface area contributed by atoms with Crippen LogP contribution in [-0.2, 0) is 20.9 Å². The summed E-state index contributed by atoms with van der Waals surface area (Å²) in [6, 6.07) is 10.2. The van der Waals surface area contributed by atoms with Crippen LogP contribution >= 0.6 is 0 Å². The molecule has 1 aliphatic heterocycles. The first-order valence-corrected chi connectivity index (χ1v) is 9.52. The highest BCUT2D eigenvalue weighted by Crippen LogP contribution is 2.38. The van der Waals surface area contributed by atoms with Crippen LogP contribution in [0.15, 0.2) is 30.3 Å². The number of carbonyl (C=O) groups excluding carboxylic acids is 2. The molecule has 0 aromatic heterocycles. The van der Waals surface area contributed by atoms with E-state index in [1.165, 1.54) is 7.11 Å². The van der Waals surface area contributed by atoms with Gasteiger partial charge in [-0.3, -0.25) is 9.59 Å². The van der Waals surface area contributed by atoms with Gasteiger partial charge < -0.3 is 9.64 Å². The smallest absolute Gasteiger partial charge is 0.305 e. The first-order chi connectivity index (χ1) is 12.1. The van der Waals surface area contributed by atoms with Gasteiger partial charge in [-0.25, -0.2) is 0 Å². The van der Waals surface area contributed by atoms with Crippen LogP contribution in [0.1, 0.15) is 70.3 Å². The number of hydrogen-bond donors (Lipinski definition) is 0. The Morgan fingerprint density at radius 3 is 2.64 bits per heavy atom. The second-order valence-corrected chi connectivity index (χ2v) is 7.08. The lowest BCUT2D eigenvalue weighted by Gasteiger charge is -2.48. The van der Waals surface area contributed by atoms with Crippen molar-refractivity contribution < 1.29 is 14.3 Å². The number of amides is 1. The van der Waals surface area contributed by atoms with Crippen LogP contribution in [0.5, 0.6) is 0 Å². The number of likely N-dealkylation sites (tertiary alicyclic amines) is 1. The van der Waals surface area contributed by atoms with E-state index in [2.05, 4.69) is 24.0 Å². The second kappa shape index (κ2) is 9.59. The highest BCUT2D eigenvalue weighted by atomic mass is 16.5. The van der Waals surface area contributed by atoms with Gasteiger partial charge in [0.05, 0.1) is 7.11 Å². The molecule has 1 aromatic carbocycles. The van der Waals surface area contributed by atoms with E-state index in [1.54, 1.807) is 0 Å². The molecule has 0 bridgehead atoms. The molecule has 0 saturated carbocycles. The fraction of sp³-hybridized carbons (Fsp3) is 0.619. The Morgan fingerprint density at radius 1 is 1.20 bits per heavy atom. The first kappa shape index (κ1) is 19.5. The zero-order chi connectivity index (χ0) is 18.1. The average molecular weight is 345 g/mol. The normalized spacial score (nSPS) is 20.6. The number of benzene rings is 1. The van der Waals surface area contributed by atoms with Crippen LogP contribution in [-0.4, -0.2) is 29.4 Å². The maximum Gasteiger partial charge on any atom is 0.305 e. The molecular weight excluding hydrogens is 314 g/mol. The van der Waals surface area contributed by atoms with E-state index in [0.717, 1.165) is 44.1 Å². The van der Waals surface area contributed by atoms with Gasteiger partial charge >= 0.3 is 5.97 Å². The number of carbonyl (C=O) groups is 2. The van der Waals surface area contributed by atoms with Crippen LogP contribution in [0, 0.1) is 0 Å². The molecule has 0 radical (unpaired) electrons. The molecule has 1 heterocycles. The average Bonchev–Trinajstić information content (AvgIpc) is 2.64. The Kier molecular flexibility index (Phi) is 7.48. The molecule has 4 heteroatoms. The number of rotatable bonds is 9. The van der Waals surface area contributed by atoms with Gasteiger partial charge in [0.1, 0.15) is 0 Å². The number of nitrogens with zero attached hydrogens (tertiary/aromatic N) is 1. The molecule has 0 N–H and O–H groups in total. The van der Waals surface area contributed by atoms with Gasteiger partial charge in [0, 0.05) is 24.9 Å². The lowest BCUT2D eigenvalue weighted by atomic mass is 9.78. The zero-order valence-electron chi connectivity index (χ0n) is 15.6. The molecular formula is C21H31NO3. The minimum absolute atomic E-state index is 0.187. The zero-order valence-corrected chi connectivity index (χ0v) is 15.6. The highest BCUT2D eigenvalue weighted by Gasteiger charge is 2.41. The summed E-state index contributed by atoms with van der Waals surface area (Å²) in [6.45, 7) is 2.82. The Morgan fingerprint density at radius 2 is 1.96 bits per heavy atom. The summed E-state index contributed by atoms with van der Waals surface area (Å²) in [5, 5.41) is 0. The van der Waals surface area contributed by atoms with E-state index >= 15 is 0 Å². The maximum atomic E-state index is 12.8. The van der Waals surface area contributed by atoms with Crippen molar-refractivity contribution in [3.8, 4) is 0 Å². The van der Waals surface area contributed by atoms with Crippen molar-refractivity contribution in [2.75, 3.05) is 7.11 Å². The van der Waals surface area contributed by atoms with E-state index in [1.807, 2.05) is 18.2 Å². The van der Waals surface area contributed by atoms with Crippen molar-refractivity contribution in [3.05, 3.63) is 35.9 Å². The molecule has 1 saturated heterocycles. The lowest BCUT2D eigenvalue weighted by Crippen LogP contribution is -2.54. The van der Waals surface area contributed by atoms with Crippen molar-refractivity contribution >= 4 is 11.9 Å². The molecule has 2 rings (SSSR count). The highest BCUT2D eigenvalue weighted by molar-refractivity contribution is 5.78. The van der Waals surface area contributed by atoms with Crippen molar-refractivity contribution in [2.45, 2.75) is 76.8 Å². The summed E-state index contributed by atoms with van der Waals surface area (Å²) in [5.74, 6) is 0.0315. The minimum Gasteiger partial charge on any atom is -0.469 e. The number of esters is 1. The third kappa shape index (κ3) is 5.32. The third-order valence-electron chi connectivity index (χ3n) is 5.36. The van der Waals surface area contributed by atoms with E-state index in [-0.39, 0.29) is 17.4 Å². The Hall–Kier alpha value is -1.84. The molecule has 25 heavy (non-hydrogen) atoms. The molecule has 1 aliphatic rings. The molecule has 1 unspecified atom stereocenters. The maximum absolute atomic E-state index is 12.8. The van der Waals surface area contributed by atoms with Crippen molar-refractivity contribution in [2.24, 2.45) is 0 Å². The van der Waals surface area contributed by atoms with Gasteiger partial charge in [-0.05, 0) is 31.2 Å². The van der Waals surface area contributed by atoms with E-state index in [0.29, 0.717) is 25.8 Å². The van der Waals surface area contributed by atoms with Crippen molar-refractivity contribution in [1.29, 1.82) is 0 Å². The lowest BCUT2D eigenvalue weighted by molar-refractivity contribution is -0.148. The van der Waals surface area contributed by atoms with Gasteiger partial charge in [0.2, 0.25) is 5.91 Å². The fourth-order valence-electron chi connectivity index (χ4n) is 3.91. The standard InChI is InChI=1S/C21H31NO3/c1-3-4-8-14-21(16-13-20(24)25-2)15-9-12-19(23)22(21)17-18-10-6-5-7-11-18/h5-7,10-11H,3-4,8-9,12-17H2,1-2H3. The summed E-state index contributed by atoms with van der Waals surface area (Å²) in [6.07, 6.45) is 7.95. The van der Waals surface area contributed by atoms with Crippen molar-refractivity contribution in [1.82, 2.24) is 4.90 Å². The molecule has 0 spiro atoms. The summed E-state index contributed by atoms with van der Waals surface area (Å²) in [4.78, 5) is 26.6. The molecule has 4 nitrogen and oxygen atoms in total.